The molecular weight excluding hydrogens is 298 g/mol. The van der Waals surface area contributed by atoms with E-state index < -0.39 is 9.84 Å². The van der Waals surface area contributed by atoms with Crippen molar-refractivity contribution < 1.29 is 13.5 Å². The van der Waals surface area contributed by atoms with Crippen LogP contribution in [0.5, 0.6) is 0 Å². The first kappa shape index (κ1) is 17.4. The molecule has 0 aromatic heterocycles. The smallest absolute Gasteiger partial charge is 0.151 e. The van der Waals surface area contributed by atoms with Gasteiger partial charge in [0.1, 0.15) is 0 Å². The number of aliphatic hydroxyl groups is 1. The first-order valence-corrected chi connectivity index (χ1v) is 9.98. The number of sulfone groups is 1. The van der Waals surface area contributed by atoms with Crippen molar-refractivity contribution in [3.05, 3.63) is 35.9 Å². The van der Waals surface area contributed by atoms with Crippen molar-refractivity contribution >= 4 is 9.84 Å². The second-order valence-corrected chi connectivity index (χ2v) is 8.77. The molecule has 0 amide bonds. The van der Waals surface area contributed by atoms with Gasteiger partial charge in [0.05, 0.1) is 11.4 Å². The van der Waals surface area contributed by atoms with Gasteiger partial charge in [-0.05, 0) is 37.7 Å². The van der Waals surface area contributed by atoms with Crippen LogP contribution >= 0.6 is 0 Å². The zero-order valence-electron chi connectivity index (χ0n) is 13.4. The number of rotatable bonds is 7. The van der Waals surface area contributed by atoms with Crippen molar-refractivity contribution in [3.8, 4) is 0 Å². The molecule has 4 nitrogen and oxygen atoms in total. The van der Waals surface area contributed by atoms with E-state index in [0.717, 1.165) is 19.3 Å². The molecule has 2 N–H and O–H groups in total. The van der Waals surface area contributed by atoms with Gasteiger partial charge in [0, 0.05) is 18.8 Å². The summed E-state index contributed by atoms with van der Waals surface area (Å²) in [6, 6.07) is 10.1. The van der Waals surface area contributed by atoms with E-state index in [1.807, 2.05) is 18.2 Å². The van der Waals surface area contributed by atoms with Gasteiger partial charge < -0.3 is 10.4 Å². The van der Waals surface area contributed by atoms with Crippen molar-refractivity contribution in [2.75, 3.05) is 12.8 Å². The Kier molecular flexibility index (Phi) is 6.01. The topological polar surface area (TPSA) is 66.4 Å². The highest BCUT2D eigenvalue weighted by molar-refractivity contribution is 7.91. The van der Waals surface area contributed by atoms with E-state index in [4.69, 9.17) is 0 Å². The summed E-state index contributed by atoms with van der Waals surface area (Å²) in [5.41, 5.74) is 1.19. The summed E-state index contributed by atoms with van der Waals surface area (Å²) in [4.78, 5) is 0. The van der Waals surface area contributed by atoms with Gasteiger partial charge in [0.15, 0.2) is 9.84 Å². The fourth-order valence-electron chi connectivity index (χ4n) is 3.44. The highest BCUT2D eigenvalue weighted by Crippen LogP contribution is 2.27. The summed E-state index contributed by atoms with van der Waals surface area (Å²) in [7, 11) is -3.00. The van der Waals surface area contributed by atoms with E-state index in [9.17, 15) is 13.5 Å². The van der Waals surface area contributed by atoms with Crippen LogP contribution < -0.4 is 5.32 Å². The summed E-state index contributed by atoms with van der Waals surface area (Å²) in [6.07, 6.45) is 4.26. The SMILES string of the molecule is CC(O)CC(CNC1CCCC1S(C)(=O)=O)c1ccccc1. The molecule has 1 aromatic rings. The lowest BCUT2D eigenvalue weighted by Gasteiger charge is -2.25. The molecule has 124 valence electrons. The van der Waals surface area contributed by atoms with Crippen LogP contribution in [0.2, 0.25) is 0 Å². The predicted octanol–water partition coefficient (Wildman–Crippen LogP) is 2.10. The van der Waals surface area contributed by atoms with Crippen LogP contribution in [0.25, 0.3) is 0 Å². The quantitative estimate of drug-likeness (QED) is 0.806. The van der Waals surface area contributed by atoms with Crippen molar-refractivity contribution in [1.29, 1.82) is 0 Å². The van der Waals surface area contributed by atoms with E-state index >= 15 is 0 Å². The molecule has 5 heteroatoms. The van der Waals surface area contributed by atoms with Crippen LogP contribution in [0.1, 0.15) is 44.1 Å². The largest absolute Gasteiger partial charge is 0.393 e. The molecule has 1 aliphatic rings. The molecule has 1 aromatic carbocycles. The Morgan fingerprint density at radius 1 is 1.27 bits per heavy atom. The van der Waals surface area contributed by atoms with Crippen molar-refractivity contribution in [3.63, 3.8) is 0 Å². The van der Waals surface area contributed by atoms with Gasteiger partial charge in [-0.3, -0.25) is 0 Å². The van der Waals surface area contributed by atoms with Crippen LogP contribution in [-0.2, 0) is 9.84 Å². The zero-order valence-corrected chi connectivity index (χ0v) is 14.2. The van der Waals surface area contributed by atoms with Gasteiger partial charge in [-0.1, -0.05) is 36.8 Å². The number of hydrogen-bond acceptors (Lipinski definition) is 4. The molecule has 1 aliphatic carbocycles. The van der Waals surface area contributed by atoms with Crippen LogP contribution in [0, 0.1) is 0 Å². The molecule has 4 unspecified atom stereocenters. The van der Waals surface area contributed by atoms with Gasteiger partial charge in [-0.25, -0.2) is 8.42 Å². The van der Waals surface area contributed by atoms with Crippen molar-refractivity contribution in [1.82, 2.24) is 5.32 Å². The van der Waals surface area contributed by atoms with Gasteiger partial charge in [0.25, 0.3) is 0 Å². The molecule has 22 heavy (non-hydrogen) atoms. The highest BCUT2D eigenvalue weighted by Gasteiger charge is 2.34. The molecule has 0 radical (unpaired) electrons. The van der Waals surface area contributed by atoms with Gasteiger partial charge in [-0.15, -0.1) is 0 Å². The molecule has 4 atom stereocenters. The minimum Gasteiger partial charge on any atom is -0.393 e. The molecule has 2 rings (SSSR count). The third kappa shape index (κ3) is 4.80. The fraction of sp³-hybridized carbons (Fsp3) is 0.647. The number of aliphatic hydroxyl groups excluding tert-OH is 1. The Bertz CT molecular complexity index is 557. The molecule has 0 spiro atoms. The average Bonchev–Trinajstić information content (AvgIpc) is 2.92. The molecule has 1 saturated carbocycles. The lowest BCUT2D eigenvalue weighted by Crippen LogP contribution is -2.42. The van der Waals surface area contributed by atoms with E-state index in [-0.39, 0.29) is 23.3 Å². The zero-order chi connectivity index (χ0) is 16.2. The Labute approximate surface area is 133 Å². The lowest BCUT2D eigenvalue weighted by atomic mass is 9.93. The van der Waals surface area contributed by atoms with Crippen LogP contribution in [0.4, 0.5) is 0 Å². The lowest BCUT2D eigenvalue weighted by molar-refractivity contribution is 0.173. The summed E-state index contributed by atoms with van der Waals surface area (Å²) < 4.78 is 23.7. The molecule has 1 fully saturated rings. The summed E-state index contributed by atoms with van der Waals surface area (Å²) >= 11 is 0. The Hall–Kier alpha value is -0.910. The maximum Gasteiger partial charge on any atom is 0.151 e. The molecule has 0 bridgehead atoms. The van der Waals surface area contributed by atoms with E-state index in [1.165, 1.54) is 11.8 Å². The third-order valence-corrected chi connectivity index (χ3v) is 6.19. The third-order valence-electron chi connectivity index (χ3n) is 4.53. The first-order chi connectivity index (χ1) is 10.4. The summed E-state index contributed by atoms with van der Waals surface area (Å²) in [5, 5.41) is 12.9. The van der Waals surface area contributed by atoms with Gasteiger partial charge in [-0.2, -0.15) is 0 Å². The maximum atomic E-state index is 11.9. The van der Waals surface area contributed by atoms with Crippen LogP contribution in [-0.4, -0.2) is 43.7 Å². The molecule has 0 saturated heterocycles. The van der Waals surface area contributed by atoms with Crippen LogP contribution in [0.3, 0.4) is 0 Å². The minimum atomic E-state index is -3.00. The van der Waals surface area contributed by atoms with Crippen molar-refractivity contribution in [2.45, 2.75) is 55.9 Å². The molecule has 0 heterocycles. The predicted molar refractivity (Wildman–Crippen MR) is 89.8 cm³/mol. The van der Waals surface area contributed by atoms with Crippen molar-refractivity contribution in [2.24, 2.45) is 0 Å². The van der Waals surface area contributed by atoms with E-state index in [2.05, 4.69) is 17.4 Å². The average molecular weight is 325 g/mol. The standard InChI is InChI=1S/C17H27NO3S/c1-13(19)11-15(14-7-4-3-5-8-14)12-18-16-9-6-10-17(16)22(2,20)21/h3-5,7-8,13,15-19H,6,9-12H2,1-2H3. The van der Waals surface area contributed by atoms with Gasteiger partial charge in [0.2, 0.25) is 0 Å². The minimum absolute atomic E-state index is 0.0372. The Balaban J connectivity index is 2.02. The first-order valence-electron chi connectivity index (χ1n) is 8.03. The normalized spacial score (nSPS) is 25.0. The number of nitrogens with one attached hydrogen (secondary N) is 1. The molecule has 0 aliphatic heterocycles. The van der Waals surface area contributed by atoms with Gasteiger partial charge >= 0.3 is 0 Å². The van der Waals surface area contributed by atoms with Crippen LogP contribution in [0.15, 0.2) is 30.3 Å². The summed E-state index contributed by atoms with van der Waals surface area (Å²) in [6.45, 7) is 2.50. The van der Waals surface area contributed by atoms with E-state index in [1.54, 1.807) is 6.92 Å². The highest BCUT2D eigenvalue weighted by atomic mass is 32.2. The monoisotopic (exact) mass is 325 g/mol. The number of hydrogen-bond donors (Lipinski definition) is 2. The second kappa shape index (κ2) is 7.57. The Morgan fingerprint density at radius 2 is 1.95 bits per heavy atom. The number of benzene rings is 1. The maximum absolute atomic E-state index is 11.9. The summed E-state index contributed by atoms with van der Waals surface area (Å²) in [5.74, 6) is 0.196. The fourth-order valence-corrected chi connectivity index (χ4v) is 4.86. The Morgan fingerprint density at radius 3 is 2.55 bits per heavy atom. The van der Waals surface area contributed by atoms with E-state index in [0.29, 0.717) is 13.0 Å². The molecular formula is C17H27NO3S. The second-order valence-electron chi connectivity index (χ2n) is 6.51.